The maximum atomic E-state index is 11.8. The fourth-order valence-corrected chi connectivity index (χ4v) is 2.16. The molecule has 1 aromatic rings. The molecule has 0 aliphatic heterocycles. The molecular formula is C12H13ClINO. The van der Waals surface area contributed by atoms with E-state index in [1.807, 2.05) is 6.07 Å². The Kier molecular flexibility index (Phi) is 3.74. The van der Waals surface area contributed by atoms with E-state index in [4.69, 9.17) is 11.6 Å². The summed E-state index contributed by atoms with van der Waals surface area (Å²) in [5.74, 6) is 1.40. The Labute approximate surface area is 114 Å². The summed E-state index contributed by atoms with van der Waals surface area (Å²) in [4.78, 5) is 11.8. The molecule has 1 fully saturated rings. The number of hydrogen-bond donors (Lipinski definition) is 1. The summed E-state index contributed by atoms with van der Waals surface area (Å²) in [5.41, 5.74) is 0.638. The van der Waals surface area contributed by atoms with Gasteiger partial charge in [-0.15, -0.1) is 0 Å². The molecule has 0 aromatic heterocycles. The number of rotatable bonds is 3. The van der Waals surface area contributed by atoms with E-state index in [1.54, 1.807) is 12.1 Å². The lowest BCUT2D eigenvalue weighted by molar-refractivity contribution is 0.0951. The molecule has 1 saturated carbocycles. The molecule has 4 heteroatoms. The summed E-state index contributed by atoms with van der Waals surface area (Å²) < 4.78 is 0.964. The minimum atomic E-state index is -0.0302. The lowest BCUT2D eigenvalue weighted by atomic mass is 10.2. The average Bonchev–Trinajstić information content (AvgIpc) is 2.95. The fourth-order valence-electron chi connectivity index (χ4n) is 1.65. The molecule has 1 aliphatic carbocycles. The van der Waals surface area contributed by atoms with Gasteiger partial charge in [0.25, 0.3) is 5.91 Å². The van der Waals surface area contributed by atoms with Crippen LogP contribution in [0.25, 0.3) is 0 Å². The van der Waals surface area contributed by atoms with Crippen LogP contribution in [0.2, 0.25) is 5.02 Å². The molecule has 2 atom stereocenters. The molecule has 0 heterocycles. The van der Waals surface area contributed by atoms with Crippen LogP contribution in [0.4, 0.5) is 0 Å². The monoisotopic (exact) mass is 349 g/mol. The van der Waals surface area contributed by atoms with E-state index in [2.05, 4.69) is 34.8 Å². The van der Waals surface area contributed by atoms with Gasteiger partial charge in [0.1, 0.15) is 0 Å². The van der Waals surface area contributed by atoms with Gasteiger partial charge >= 0.3 is 0 Å². The SMILES string of the molecule is CC1CC1CNC(=O)c1ccc(I)c(Cl)c1. The van der Waals surface area contributed by atoms with Crippen LogP contribution in [-0.2, 0) is 0 Å². The van der Waals surface area contributed by atoms with E-state index >= 15 is 0 Å². The van der Waals surface area contributed by atoms with Gasteiger partial charge < -0.3 is 5.32 Å². The van der Waals surface area contributed by atoms with Gasteiger partial charge in [-0.1, -0.05) is 18.5 Å². The molecule has 1 N–H and O–H groups in total. The summed E-state index contributed by atoms with van der Waals surface area (Å²) in [6.45, 7) is 2.99. The summed E-state index contributed by atoms with van der Waals surface area (Å²) in [5, 5.41) is 3.57. The van der Waals surface area contributed by atoms with Crippen LogP contribution < -0.4 is 5.32 Å². The molecule has 2 nitrogen and oxygen atoms in total. The number of amides is 1. The van der Waals surface area contributed by atoms with Crippen molar-refractivity contribution < 1.29 is 4.79 Å². The average molecular weight is 350 g/mol. The van der Waals surface area contributed by atoms with Gasteiger partial charge in [0.05, 0.1) is 5.02 Å². The first-order valence-electron chi connectivity index (χ1n) is 5.31. The number of carbonyl (C=O) groups is 1. The molecule has 1 aromatic carbocycles. The maximum absolute atomic E-state index is 11.8. The molecule has 0 spiro atoms. The quantitative estimate of drug-likeness (QED) is 0.833. The first-order chi connectivity index (χ1) is 7.58. The lowest BCUT2D eigenvalue weighted by Gasteiger charge is -2.05. The molecule has 2 rings (SSSR count). The molecule has 16 heavy (non-hydrogen) atoms. The number of hydrogen-bond acceptors (Lipinski definition) is 1. The summed E-state index contributed by atoms with van der Waals surface area (Å²) in [6, 6.07) is 5.38. The van der Waals surface area contributed by atoms with Crippen LogP contribution in [0.1, 0.15) is 23.7 Å². The predicted octanol–water partition coefficient (Wildman–Crippen LogP) is 3.33. The Bertz CT molecular complexity index is 421. The van der Waals surface area contributed by atoms with Gasteiger partial charge in [0, 0.05) is 15.7 Å². The highest BCUT2D eigenvalue weighted by Crippen LogP contribution is 2.36. The smallest absolute Gasteiger partial charge is 0.251 e. The minimum Gasteiger partial charge on any atom is -0.352 e. The van der Waals surface area contributed by atoms with Crippen LogP contribution in [0.15, 0.2) is 18.2 Å². The largest absolute Gasteiger partial charge is 0.352 e. The zero-order valence-electron chi connectivity index (χ0n) is 8.97. The zero-order valence-corrected chi connectivity index (χ0v) is 11.9. The standard InChI is InChI=1S/C12H13ClINO/c1-7-4-9(7)6-15-12(16)8-2-3-11(14)10(13)5-8/h2-3,5,7,9H,4,6H2,1H3,(H,15,16). The number of nitrogens with one attached hydrogen (secondary N) is 1. The van der Waals surface area contributed by atoms with Crippen molar-refractivity contribution in [3.8, 4) is 0 Å². The van der Waals surface area contributed by atoms with Crippen molar-refractivity contribution >= 4 is 40.1 Å². The topological polar surface area (TPSA) is 29.1 Å². The summed E-state index contributed by atoms with van der Waals surface area (Å²) >= 11 is 8.11. The molecule has 0 bridgehead atoms. The van der Waals surface area contributed by atoms with E-state index in [0.29, 0.717) is 16.5 Å². The van der Waals surface area contributed by atoms with Crippen molar-refractivity contribution in [2.45, 2.75) is 13.3 Å². The van der Waals surface area contributed by atoms with Gasteiger partial charge in [0.15, 0.2) is 0 Å². The van der Waals surface area contributed by atoms with Crippen molar-refractivity contribution in [2.75, 3.05) is 6.54 Å². The van der Waals surface area contributed by atoms with Gasteiger partial charge in [-0.2, -0.15) is 0 Å². The highest BCUT2D eigenvalue weighted by molar-refractivity contribution is 14.1. The normalized spacial score (nSPS) is 22.9. The molecule has 1 aliphatic rings. The van der Waals surface area contributed by atoms with Crippen LogP contribution in [-0.4, -0.2) is 12.5 Å². The Morgan fingerprint density at radius 2 is 2.31 bits per heavy atom. The number of carbonyl (C=O) groups excluding carboxylic acids is 1. The Morgan fingerprint density at radius 1 is 1.62 bits per heavy atom. The third-order valence-electron chi connectivity index (χ3n) is 2.98. The van der Waals surface area contributed by atoms with Gasteiger partial charge in [-0.3, -0.25) is 4.79 Å². The first-order valence-corrected chi connectivity index (χ1v) is 6.77. The van der Waals surface area contributed by atoms with E-state index in [9.17, 15) is 4.79 Å². The van der Waals surface area contributed by atoms with Gasteiger partial charge in [-0.25, -0.2) is 0 Å². The van der Waals surface area contributed by atoms with Crippen LogP contribution in [0.5, 0.6) is 0 Å². The second kappa shape index (κ2) is 4.92. The predicted molar refractivity (Wildman–Crippen MR) is 73.8 cm³/mol. The molecule has 86 valence electrons. The van der Waals surface area contributed by atoms with Crippen LogP contribution in [0, 0.1) is 15.4 Å². The summed E-state index contributed by atoms with van der Waals surface area (Å²) in [7, 11) is 0. The van der Waals surface area contributed by atoms with Crippen molar-refractivity contribution in [1.29, 1.82) is 0 Å². The Balaban J connectivity index is 1.95. The minimum absolute atomic E-state index is 0.0302. The highest BCUT2D eigenvalue weighted by Gasteiger charge is 2.32. The molecule has 0 saturated heterocycles. The maximum Gasteiger partial charge on any atom is 0.251 e. The first kappa shape index (κ1) is 12.2. The number of halogens is 2. The fraction of sp³-hybridized carbons (Fsp3) is 0.417. The van der Waals surface area contributed by atoms with Crippen LogP contribution in [0.3, 0.4) is 0 Å². The number of benzene rings is 1. The third-order valence-corrected chi connectivity index (χ3v) is 4.55. The molecule has 1 amide bonds. The molecular weight excluding hydrogens is 336 g/mol. The van der Waals surface area contributed by atoms with Crippen molar-refractivity contribution in [3.05, 3.63) is 32.4 Å². The van der Waals surface area contributed by atoms with Gasteiger partial charge in [-0.05, 0) is 59.0 Å². The van der Waals surface area contributed by atoms with Crippen molar-refractivity contribution in [3.63, 3.8) is 0 Å². The zero-order chi connectivity index (χ0) is 11.7. The Hall–Kier alpha value is -0.290. The van der Waals surface area contributed by atoms with E-state index in [0.717, 1.165) is 16.0 Å². The van der Waals surface area contributed by atoms with E-state index < -0.39 is 0 Å². The highest BCUT2D eigenvalue weighted by atomic mass is 127. The third kappa shape index (κ3) is 2.88. The molecule has 2 unspecified atom stereocenters. The summed E-state index contributed by atoms with van der Waals surface area (Å²) in [6.07, 6.45) is 1.23. The second-order valence-corrected chi connectivity index (χ2v) is 5.88. The lowest BCUT2D eigenvalue weighted by Crippen LogP contribution is -2.25. The van der Waals surface area contributed by atoms with E-state index in [1.165, 1.54) is 6.42 Å². The second-order valence-electron chi connectivity index (χ2n) is 4.31. The van der Waals surface area contributed by atoms with E-state index in [-0.39, 0.29) is 5.91 Å². The Morgan fingerprint density at radius 3 is 2.88 bits per heavy atom. The van der Waals surface area contributed by atoms with Crippen molar-refractivity contribution in [1.82, 2.24) is 5.32 Å². The van der Waals surface area contributed by atoms with Crippen LogP contribution >= 0.6 is 34.2 Å². The molecule has 0 radical (unpaired) electrons. The van der Waals surface area contributed by atoms with Gasteiger partial charge in [0.2, 0.25) is 0 Å². The van der Waals surface area contributed by atoms with Crippen molar-refractivity contribution in [2.24, 2.45) is 11.8 Å².